The third-order valence-electron chi connectivity index (χ3n) is 4.22. The first-order valence-corrected chi connectivity index (χ1v) is 7.48. The summed E-state index contributed by atoms with van der Waals surface area (Å²) in [4.78, 5) is 9.30. The summed E-state index contributed by atoms with van der Waals surface area (Å²) in [6, 6.07) is 4.46. The van der Waals surface area contributed by atoms with Gasteiger partial charge < -0.3 is 9.80 Å². The molecule has 2 heterocycles. The lowest BCUT2D eigenvalue weighted by molar-refractivity contribution is 0.219. The molecule has 0 N–H and O–H groups in total. The summed E-state index contributed by atoms with van der Waals surface area (Å²) in [6.45, 7) is 6.69. The molecule has 0 bridgehead atoms. The predicted molar refractivity (Wildman–Crippen MR) is 80.2 cm³/mol. The molecule has 19 heavy (non-hydrogen) atoms. The van der Waals surface area contributed by atoms with Gasteiger partial charge in [-0.3, -0.25) is 4.98 Å². The van der Waals surface area contributed by atoms with E-state index in [1.54, 1.807) is 0 Å². The molecule has 3 nitrogen and oxygen atoms in total. The van der Waals surface area contributed by atoms with Crippen molar-refractivity contribution in [2.75, 3.05) is 33.7 Å². The number of nitrogens with zero attached hydrogens (tertiary/aromatic N) is 3. The molecular weight excluding hydrogens is 234 g/mol. The first-order chi connectivity index (χ1) is 9.17. The maximum absolute atomic E-state index is 4.59. The van der Waals surface area contributed by atoms with E-state index in [-0.39, 0.29) is 0 Å². The van der Waals surface area contributed by atoms with Crippen LogP contribution in [0.1, 0.15) is 31.0 Å². The summed E-state index contributed by atoms with van der Waals surface area (Å²) < 4.78 is 0. The topological polar surface area (TPSA) is 19.4 Å². The number of hydrogen-bond acceptors (Lipinski definition) is 3. The smallest absolute Gasteiger partial charge is 0.0544 e. The quantitative estimate of drug-likeness (QED) is 0.811. The zero-order chi connectivity index (χ0) is 13.7. The lowest BCUT2D eigenvalue weighted by Crippen LogP contribution is -2.30. The molecule has 2 rings (SSSR count). The maximum Gasteiger partial charge on any atom is 0.0544 e. The SMILES string of the molecule is CCN(C)Cc1ccc(CC2CCN(C)CC2)cn1. The van der Waals surface area contributed by atoms with Gasteiger partial charge in [-0.15, -0.1) is 0 Å². The van der Waals surface area contributed by atoms with Crippen molar-refractivity contribution in [3.8, 4) is 0 Å². The van der Waals surface area contributed by atoms with Crippen LogP contribution in [-0.4, -0.2) is 48.5 Å². The Morgan fingerprint density at radius 3 is 2.63 bits per heavy atom. The van der Waals surface area contributed by atoms with Crippen LogP contribution in [0.25, 0.3) is 0 Å². The predicted octanol–water partition coefficient (Wildman–Crippen LogP) is 2.42. The lowest BCUT2D eigenvalue weighted by Gasteiger charge is -2.28. The Labute approximate surface area is 117 Å². The standard InChI is InChI=1S/C16H27N3/c1-4-18(2)13-16-6-5-15(12-17-16)11-14-7-9-19(3)10-8-14/h5-6,12,14H,4,7-11,13H2,1-3H3. The largest absolute Gasteiger partial charge is 0.306 e. The average Bonchev–Trinajstić information content (AvgIpc) is 2.43. The fourth-order valence-corrected chi connectivity index (χ4v) is 2.66. The van der Waals surface area contributed by atoms with Gasteiger partial charge in [0.2, 0.25) is 0 Å². The average molecular weight is 261 g/mol. The second kappa shape index (κ2) is 7.01. The molecule has 1 aromatic rings. The van der Waals surface area contributed by atoms with Gasteiger partial charge in [0.15, 0.2) is 0 Å². The van der Waals surface area contributed by atoms with E-state index in [4.69, 9.17) is 0 Å². The molecule has 0 saturated carbocycles. The highest BCUT2D eigenvalue weighted by molar-refractivity contribution is 5.15. The fourth-order valence-electron chi connectivity index (χ4n) is 2.66. The molecule has 0 radical (unpaired) electrons. The van der Waals surface area contributed by atoms with Crippen LogP contribution in [-0.2, 0) is 13.0 Å². The summed E-state index contributed by atoms with van der Waals surface area (Å²) in [6.07, 6.45) is 5.94. The Kier molecular flexibility index (Phi) is 5.34. The van der Waals surface area contributed by atoms with Crippen molar-refractivity contribution in [3.63, 3.8) is 0 Å². The van der Waals surface area contributed by atoms with Crippen molar-refractivity contribution < 1.29 is 0 Å². The maximum atomic E-state index is 4.59. The van der Waals surface area contributed by atoms with Crippen LogP contribution in [0.3, 0.4) is 0 Å². The van der Waals surface area contributed by atoms with Crippen LogP contribution in [0.4, 0.5) is 0 Å². The number of likely N-dealkylation sites (tertiary alicyclic amines) is 1. The summed E-state index contributed by atoms with van der Waals surface area (Å²) in [5.41, 5.74) is 2.58. The van der Waals surface area contributed by atoms with E-state index < -0.39 is 0 Å². The number of piperidine rings is 1. The third-order valence-corrected chi connectivity index (χ3v) is 4.22. The number of aromatic nitrogens is 1. The van der Waals surface area contributed by atoms with Crippen molar-refractivity contribution in [1.82, 2.24) is 14.8 Å². The molecule has 1 saturated heterocycles. The van der Waals surface area contributed by atoms with Crippen LogP contribution in [0.15, 0.2) is 18.3 Å². The lowest BCUT2D eigenvalue weighted by atomic mass is 9.91. The Hall–Kier alpha value is -0.930. The van der Waals surface area contributed by atoms with Gasteiger partial charge in [0.25, 0.3) is 0 Å². The highest BCUT2D eigenvalue weighted by Crippen LogP contribution is 2.20. The molecule has 106 valence electrons. The minimum atomic E-state index is 0.849. The number of rotatable bonds is 5. The van der Waals surface area contributed by atoms with Gasteiger partial charge in [-0.2, -0.15) is 0 Å². The third kappa shape index (κ3) is 4.59. The normalized spacial score (nSPS) is 18.1. The minimum absolute atomic E-state index is 0.849. The molecule has 0 unspecified atom stereocenters. The van der Waals surface area contributed by atoms with E-state index in [0.29, 0.717) is 0 Å². The van der Waals surface area contributed by atoms with Gasteiger partial charge in [-0.1, -0.05) is 13.0 Å². The van der Waals surface area contributed by atoms with Crippen molar-refractivity contribution in [3.05, 3.63) is 29.6 Å². The van der Waals surface area contributed by atoms with E-state index >= 15 is 0 Å². The molecule has 3 heteroatoms. The summed E-state index contributed by atoms with van der Waals surface area (Å²) in [5.74, 6) is 0.849. The van der Waals surface area contributed by atoms with Crippen LogP contribution in [0, 0.1) is 5.92 Å². The van der Waals surface area contributed by atoms with Crippen LogP contribution >= 0.6 is 0 Å². The Morgan fingerprint density at radius 2 is 2.05 bits per heavy atom. The fraction of sp³-hybridized carbons (Fsp3) is 0.688. The zero-order valence-corrected chi connectivity index (χ0v) is 12.6. The molecule has 0 spiro atoms. The molecule has 1 aliphatic heterocycles. The van der Waals surface area contributed by atoms with Gasteiger partial charge >= 0.3 is 0 Å². The molecule has 0 aliphatic carbocycles. The van der Waals surface area contributed by atoms with Gasteiger partial charge in [0.05, 0.1) is 5.69 Å². The first kappa shape index (κ1) is 14.5. The summed E-state index contributed by atoms with van der Waals surface area (Å²) in [5, 5.41) is 0. The molecule has 0 aromatic carbocycles. The van der Waals surface area contributed by atoms with E-state index in [9.17, 15) is 0 Å². The van der Waals surface area contributed by atoms with Gasteiger partial charge in [-0.05, 0) is 70.5 Å². The van der Waals surface area contributed by atoms with Crippen LogP contribution in [0.5, 0.6) is 0 Å². The molecule has 1 aliphatic rings. The summed E-state index contributed by atoms with van der Waals surface area (Å²) in [7, 11) is 4.35. The second-order valence-corrected chi connectivity index (χ2v) is 5.94. The Balaban J connectivity index is 1.84. The molecule has 1 fully saturated rings. The van der Waals surface area contributed by atoms with Crippen LogP contribution < -0.4 is 0 Å². The van der Waals surface area contributed by atoms with Gasteiger partial charge in [-0.25, -0.2) is 0 Å². The van der Waals surface area contributed by atoms with Crippen LogP contribution in [0.2, 0.25) is 0 Å². The van der Waals surface area contributed by atoms with E-state index in [0.717, 1.165) is 19.0 Å². The molecular formula is C16H27N3. The minimum Gasteiger partial charge on any atom is -0.306 e. The number of pyridine rings is 1. The van der Waals surface area contributed by atoms with E-state index in [2.05, 4.69) is 54.1 Å². The Morgan fingerprint density at radius 1 is 1.32 bits per heavy atom. The Bertz CT molecular complexity index is 366. The molecule has 0 atom stereocenters. The monoisotopic (exact) mass is 261 g/mol. The van der Waals surface area contributed by atoms with Crippen molar-refractivity contribution in [2.24, 2.45) is 5.92 Å². The van der Waals surface area contributed by atoms with E-state index in [1.807, 2.05) is 0 Å². The highest BCUT2D eigenvalue weighted by Gasteiger charge is 2.16. The highest BCUT2D eigenvalue weighted by atomic mass is 15.1. The van der Waals surface area contributed by atoms with Crippen molar-refractivity contribution in [1.29, 1.82) is 0 Å². The molecule has 0 amide bonds. The van der Waals surface area contributed by atoms with Crippen molar-refractivity contribution in [2.45, 2.75) is 32.7 Å². The molecule has 1 aromatic heterocycles. The second-order valence-electron chi connectivity index (χ2n) is 5.94. The van der Waals surface area contributed by atoms with Gasteiger partial charge in [0, 0.05) is 12.7 Å². The first-order valence-electron chi connectivity index (χ1n) is 7.48. The van der Waals surface area contributed by atoms with Gasteiger partial charge in [0.1, 0.15) is 0 Å². The van der Waals surface area contributed by atoms with E-state index in [1.165, 1.54) is 43.6 Å². The zero-order valence-electron chi connectivity index (χ0n) is 12.6. The summed E-state index contributed by atoms with van der Waals surface area (Å²) >= 11 is 0. The van der Waals surface area contributed by atoms with Crippen molar-refractivity contribution >= 4 is 0 Å². The number of hydrogen-bond donors (Lipinski definition) is 0.